The highest BCUT2D eigenvalue weighted by molar-refractivity contribution is 7.99. The van der Waals surface area contributed by atoms with Crippen LogP contribution >= 0.6 is 11.8 Å². The van der Waals surface area contributed by atoms with Crippen LogP contribution in [0.1, 0.15) is 6.92 Å². The third kappa shape index (κ3) is 2.74. The van der Waals surface area contributed by atoms with Crippen LogP contribution in [0, 0.1) is 10.1 Å². The number of benzene rings is 1. The number of hydrogen-bond donors (Lipinski definition) is 1. The second-order valence-corrected chi connectivity index (χ2v) is 7.56. The molecule has 1 saturated heterocycles. The molecule has 2 N–H and O–H groups in total. The average molecular weight is 317 g/mol. The molecule has 0 radical (unpaired) electrons. The van der Waals surface area contributed by atoms with Crippen molar-refractivity contribution in [1.82, 2.24) is 4.31 Å². The molecular formula is C11H15N3O4S2. The van der Waals surface area contributed by atoms with Gasteiger partial charge in [0.1, 0.15) is 5.69 Å². The summed E-state index contributed by atoms with van der Waals surface area (Å²) in [7, 11) is -3.72. The number of hydrogen-bond acceptors (Lipinski definition) is 6. The number of nitro groups is 1. The zero-order valence-electron chi connectivity index (χ0n) is 10.9. The Hall–Kier alpha value is -1.32. The van der Waals surface area contributed by atoms with Crippen molar-refractivity contribution < 1.29 is 13.3 Å². The van der Waals surface area contributed by atoms with E-state index in [0.29, 0.717) is 6.54 Å². The topological polar surface area (TPSA) is 107 Å². The van der Waals surface area contributed by atoms with Gasteiger partial charge in [0.25, 0.3) is 5.69 Å². The summed E-state index contributed by atoms with van der Waals surface area (Å²) >= 11 is 1.69. The van der Waals surface area contributed by atoms with Crippen LogP contribution in [0.3, 0.4) is 0 Å². The van der Waals surface area contributed by atoms with E-state index in [-0.39, 0.29) is 22.3 Å². The van der Waals surface area contributed by atoms with Crippen molar-refractivity contribution in [2.24, 2.45) is 0 Å². The maximum atomic E-state index is 12.5. The van der Waals surface area contributed by atoms with Gasteiger partial charge in [0, 0.05) is 30.2 Å². The Kier molecular flexibility index (Phi) is 4.21. The highest BCUT2D eigenvalue weighted by atomic mass is 32.2. The summed E-state index contributed by atoms with van der Waals surface area (Å²) in [5.41, 5.74) is 5.06. The van der Waals surface area contributed by atoms with Crippen molar-refractivity contribution in [2.75, 3.05) is 23.8 Å². The van der Waals surface area contributed by atoms with E-state index in [1.165, 1.54) is 16.4 Å². The molecule has 9 heteroatoms. The minimum atomic E-state index is -3.72. The van der Waals surface area contributed by atoms with Crippen molar-refractivity contribution in [1.29, 1.82) is 0 Å². The molecule has 1 heterocycles. The molecule has 0 spiro atoms. The first-order valence-electron chi connectivity index (χ1n) is 5.97. The fraction of sp³-hybridized carbons (Fsp3) is 0.455. The van der Waals surface area contributed by atoms with Crippen LogP contribution in [0.2, 0.25) is 0 Å². The number of rotatable bonds is 3. The SMILES string of the molecule is CC1CSCCN1S(=O)(=O)c1ccc(N)c([N+](=O)[O-])c1. The van der Waals surface area contributed by atoms with Crippen LogP contribution in [-0.2, 0) is 10.0 Å². The molecule has 7 nitrogen and oxygen atoms in total. The van der Waals surface area contributed by atoms with Crippen molar-refractivity contribution in [2.45, 2.75) is 17.9 Å². The first-order chi connectivity index (χ1) is 9.34. The third-order valence-electron chi connectivity index (χ3n) is 3.11. The van der Waals surface area contributed by atoms with E-state index in [0.717, 1.165) is 17.6 Å². The molecule has 0 aliphatic carbocycles. The number of thioether (sulfide) groups is 1. The highest BCUT2D eigenvalue weighted by Crippen LogP contribution is 2.29. The summed E-state index contributed by atoms with van der Waals surface area (Å²) in [6.45, 7) is 2.24. The van der Waals surface area contributed by atoms with Gasteiger partial charge in [-0.25, -0.2) is 8.42 Å². The maximum Gasteiger partial charge on any atom is 0.293 e. The first kappa shape index (κ1) is 15.1. The van der Waals surface area contributed by atoms with Gasteiger partial charge in [0.05, 0.1) is 9.82 Å². The summed E-state index contributed by atoms with van der Waals surface area (Å²) in [5.74, 6) is 1.44. The molecule has 0 bridgehead atoms. The molecule has 1 aliphatic heterocycles. The highest BCUT2D eigenvalue weighted by Gasteiger charge is 2.32. The van der Waals surface area contributed by atoms with Gasteiger partial charge < -0.3 is 5.73 Å². The summed E-state index contributed by atoms with van der Waals surface area (Å²) in [6.07, 6.45) is 0. The van der Waals surface area contributed by atoms with Crippen LogP contribution in [0.15, 0.2) is 23.1 Å². The van der Waals surface area contributed by atoms with Gasteiger partial charge in [0.2, 0.25) is 10.0 Å². The number of nitrogen functional groups attached to an aromatic ring is 1. The number of anilines is 1. The minimum absolute atomic E-state index is 0.0452. The minimum Gasteiger partial charge on any atom is -0.393 e. The lowest BCUT2D eigenvalue weighted by Crippen LogP contribution is -2.44. The lowest BCUT2D eigenvalue weighted by Gasteiger charge is -2.31. The molecule has 1 fully saturated rings. The molecule has 0 aromatic heterocycles. The molecule has 0 amide bonds. The van der Waals surface area contributed by atoms with E-state index in [1.807, 2.05) is 6.92 Å². The van der Waals surface area contributed by atoms with Crippen LogP contribution in [0.4, 0.5) is 11.4 Å². The van der Waals surface area contributed by atoms with E-state index in [1.54, 1.807) is 11.8 Å². The summed E-state index contributed by atoms with van der Waals surface area (Å²) in [6, 6.07) is 3.47. The Morgan fingerprint density at radius 3 is 2.80 bits per heavy atom. The fourth-order valence-electron chi connectivity index (χ4n) is 2.05. The average Bonchev–Trinajstić information content (AvgIpc) is 2.38. The smallest absolute Gasteiger partial charge is 0.293 e. The molecule has 1 aromatic carbocycles. The van der Waals surface area contributed by atoms with E-state index in [2.05, 4.69) is 0 Å². The van der Waals surface area contributed by atoms with Gasteiger partial charge >= 0.3 is 0 Å². The predicted octanol–water partition coefficient (Wildman–Crippen LogP) is 1.30. The van der Waals surface area contributed by atoms with E-state index >= 15 is 0 Å². The van der Waals surface area contributed by atoms with Crippen molar-refractivity contribution in [3.8, 4) is 0 Å². The normalized spacial score (nSPS) is 20.8. The fourth-order valence-corrected chi connectivity index (χ4v) is 4.92. The zero-order chi connectivity index (χ0) is 14.9. The van der Waals surface area contributed by atoms with Gasteiger partial charge in [-0.3, -0.25) is 10.1 Å². The Morgan fingerprint density at radius 1 is 1.50 bits per heavy atom. The van der Waals surface area contributed by atoms with E-state index < -0.39 is 14.9 Å². The second-order valence-electron chi connectivity index (χ2n) is 4.52. The predicted molar refractivity (Wildman–Crippen MR) is 78.2 cm³/mol. The Labute approximate surface area is 121 Å². The molecule has 1 aromatic rings. The molecule has 1 atom stereocenters. The summed E-state index contributed by atoms with van der Waals surface area (Å²) in [5, 5.41) is 10.9. The Bertz CT molecular complexity index is 633. The van der Waals surface area contributed by atoms with Crippen LogP contribution in [0.5, 0.6) is 0 Å². The van der Waals surface area contributed by atoms with Crippen LogP contribution < -0.4 is 5.73 Å². The largest absolute Gasteiger partial charge is 0.393 e. The molecule has 1 unspecified atom stereocenters. The van der Waals surface area contributed by atoms with E-state index in [4.69, 9.17) is 5.73 Å². The molecule has 0 saturated carbocycles. The molecule has 20 heavy (non-hydrogen) atoms. The third-order valence-corrected chi connectivity index (χ3v) is 6.31. The molecular weight excluding hydrogens is 302 g/mol. The molecule has 110 valence electrons. The number of nitrogens with zero attached hydrogens (tertiary/aromatic N) is 2. The Balaban J connectivity index is 2.44. The zero-order valence-corrected chi connectivity index (χ0v) is 12.5. The maximum absolute atomic E-state index is 12.5. The number of sulfonamides is 1. The first-order valence-corrected chi connectivity index (χ1v) is 8.57. The van der Waals surface area contributed by atoms with Crippen molar-refractivity contribution in [3.05, 3.63) is 28.3 Å². The van der Waals surface area contributed by atoms with Crippen molar-refractivity contribution >= 4 is 33.2 Å². The van der Waals surface area contributed by atoms with Gasteiger partial charge in [-0.1, -0.05) is 0 Å². The number of nitrogens with two attached hydrogens (primary N) is 1. The van der Waals surface area contributed by atoms with Crippen molar-refractivity contribution in [3.63, 3.8) is 0 Å². The quantitative estimate of drug-likeness (QED) is 0.511. The molecule has 1 aliphatic rings. The van der Waals surface area contributed by atoms with Crippen LogP contribution in [0.25, 0.3) is 0 Å². The summed E-state index contributed by atoms with van der Waals surface area (Å²) < 4.78 is 26.5. The van der Waals surface area contributed by atoms with Gasteiger partial charge in [-0.2, -0.15) is 16.1 Å². The molecule has 2 rings (SSSR count). The summed E-state index contributed by atoms with van der Waals surface area (Å²) in [4.78, 5) is 10.1. The van der Waals surface area contributed by atoms with Gasteiger partial charge in [-0.15, -0.1) is 0 Å². The van der Waals surface area contributed by atoms with E-state index in [9.17, 15) is 18.5 Å². The van der Waals surface area contributed by atoms with Crippen LogP contribution in [-0.4, -0.2) is 41.7 Å². The number of nitro benzene ring substituents is 1. The monoisotopic (exact) mass is 317 g/mol. The second kappa shape index (κ2) is 5.58. The standard InChI is InChI=1S/C11H15N3O4S2/c1-8-7-19-5-4-13(8)20(17,18)9-2-3-10(12)11(6-9)14(15)16/h2-3,6,8H,4-5,7,12H2,1H3. The Morgan fingerprint density at radius 2 is 2.20 bits per heavy atom. The lowest BCUT2D eigenvalue weighted by molar-refractivity contribution is -0.384. The van der Waals surface area contributed by atoms with Gasteiger partial charge in [-0.05, 0) is 19.1 Å². The lowest BCUT2D eigenvalue weighted by atomic mass is 10.3. The van der Waals surface area contributed by atoms with Gasteiger partial charge in [0.15, 0.2) is 0 Å².